The topological polar surface area (TPSA) is 129 Å². The maximum Gasteiger partial charge on any atom is 0.319 e. The first-order chi connectivity index (χ1) is 12.4. The Morgan fingerprint density at radius 3 is 2.50 bits per heavy atom. The average Bonchev–Trinajstić information content (AvgIpc) is 3.16. The highest BCUT2D eigenvalue weighted by Gasteiger charge is 2.48. The first kappa shape index (κ1) is 18.3. The van der Waals surface area contributed by atoms with E-state index in [0.717, 1.165) is 0 Å². The summed E-state index contributed by atoms with van der Waals surface area (Å²) in [5.41, 5.74) is 6.21. The van der Waals surface area contributed by atoms with Crippen LogP contribution >= 0.6 is 0 Å². The minimum absolute atomic E-state index is 0.0401. The van der Waals surface area contributed by atoms with E-state index >= 15 is 0 Å². The Hall–Kier alpha value is -2.49. The summed E-state index contributed by atoms with van der Waals surface area (Å²) in [7, 11) is 0. The average molecular weight is 363 g/mol. The van der Waals surface area contributed by atoms with Crippen molar-refractivity contribution in [3.05, 3.63) is 29.8 Å². The van der Waals surface area contributed by atoms with Crippen LogP contribution < -0.4 is 16.4 Å². The minimum Gasteiger partial charge on any atom is -0.370 e. The number of carbonyl (C=O) groups excluding carboxylic acids is 3. The number of rotatable bonds is 6. The molecule has 3 amide bonds. The number of hydrogen-bond donors (Lipinski definition) is 3. The van der Waals surface area contributed by atoms with E-state index in [4.69, 9.17) is 19.9 Å². The van der Waals surface area contributed by atoms with Gasteiger partial charge in [-0.2, -0.15) is 0 Å². The van der Waals surface area contributed by atoms with Gasteiger partial charge in [0.1, 0.15) is 24.9 Å². The standard InChI is InChI=1S/C17H21N3O6/c1-9(21)10-2-4-11(5-3-10)19-17(23)20-12-6-25-16-13(7-26-15(12)16)24-8-14(18)22/h2-5,12-13,15-16H,6-8H2,1H3,(H2,18,22)(H2,19,20,23). The van der Waals surface area contributed by atoms with Gasteiger partial charge >= 0.3 is 6.03 Å². The van der Waals surface area contributed by atoms with E-state index in [1.165, 1.54) is 6.92 Å². The summed E-state index contributed by atoms with van der Waals surface area (Å²) in [6.07, 6.45) is -1.09. The van der Waals surface area contributed by atoms with Gasteiger partial charge in [0.25, 0.3) is 0 Å². The largest absolute Gasteiger partial charge is 0.370 e. The molecule has 0 saturated carbocycles. The Kier molecular flexibility index (Phi) is 5.50. The fourth-order valence-corrected chi connectivity index (χ4v) is 3.04. The Morgan fingerprint density at radius 2 is 1.85 bits per heavy atom. The molecule has 2 heterocycles. The fourth-order valence-electron chi connectivity index (χ4n) is 3.04. The Balaban J connectivity index is 1.51. The lowest BCUT2D eigenvalue weighted by Gasteiger charge is -2.18. The van der Waals surface area contributed by atoms with E-state index in [1.807, 2.05) is 0 Å². The molecule has 1 aromatic rings. The molecule has 3 rings (SSSR count). The number of ketones is 1. The van der Waals surface area contributed by atoms with Crippen molar-refractivity contribution < 1.29 is 28.6 Å². The molecule has 2 saturated heterocycles. The van der Waals surface area contributed by atoms with Crippen LogP contribution in [0.3, 0.4) is 0 Å². The SMILES string of the molecule is CC(=O)c1ccc(NC(=O)NC2COC3C(OCC(N)=O)COC23)cc1. The van der Waals surface area contributed by atoms with Crippen LogP contribution in [0.5, 0.6) is 0 Å². The first-order valence-corrected chi connectivity index (χ1v) is 8.25. The maximum atomic E-state index is 12.2. The van der Waals surface area contributed by atoms with Crippen molar-refractivity contribution in [3.8, 4) is 0 Å². The number of hydrogen-bond acceptors (Lipinski definition) is 6. The summed E-state index contributed by atoms with van der Waals surface area (Å²) >= 11 is 0. The van der Waals surface area contributed by atoms with E-state index in [9.17, 15) is 14.4 Å². The summed E-state index contributed by atoms with van der Waals surface area (Å²) < 4.78 is 16.7. The van der Waals surface area contributed by atoms with E-state index in [-0.39, 0.29) is 50.0 Å². The van der Waals surface area contributed by atoms with Crippen molar-refractivity contribution in [1.82, 2.24) is 5.32 Å². The molecule has 0 bridgehead atoms. The molecule has 4 unspecified atom stereocenters. The van der Waals surface area contributed by atoms with Crippen LogP contribution in [0.2, 0.25) is 0 Å². The molecule has 9 nitrogen and oxygen atoms in total. The summed E-state index contributed by atoms with van der Waals surface area (Å²) in [5.74, 6) is -0.599. The van der Waals surface area contributed by atoms with Crippen molar-refractivity contribution in [3.63, 3.8) is 0 Å². The highest BCUT2D eigenvalue weighted by Crippen LogP contribution is 2.28. The van der Waals surface area contributed by atoms with Crippen LogP contribution in [0.25, 0.3) is 0 Å². The highest BCUT2D eigenvalue weighted by atomic mass is 16.6. The molecule has 9 heteroatoms. The molecule has 2 fully saturated rings. The van der Waals surface area contributed by atoms with Gasteiger partial charge in [0.2, 0.25) is 5.91 Å². The predicted molar refractivity (Wildman–Crippen MR) is 90.8 cm³/mol. The number of primary amides is 1. The number of nitrogens with one attached hydrogen (secondary N) is 2. The lowest BCUT2D eigenvalue weighted by molar-refractivity contribution is -0.126. The van der Waals surface area contributed by atoms with Gasteiger partial charge in [-0.05, 0) is 31.2 Å². The zero-order valence-corrected chi connectivity index (χ0v) is 14.3. The molecular weight excluding hydrogens is 342 g/mol. The van der Waals surface area contributed by atoms with Crippen LogP contribution in [0, 0.1) is 0 Å². The minimum atomic E-state index is -0.559. The van der Waals surface area contributed by atoms with E-state index in [1.54, 1.807) is 24.3 Å². The van der Waals surface area contributed by atoms with E-state index in [2.05, 4.69) is 10.6 Å². The summed E-state index contributed by atoms with van der Waals surface area (Å²) in [6.45, 7) is 1.83. The molecule has 140 valence electrons. The quantitative estimate of drug-likeness (QED) is 0.613. The van der Waals surface area contributed by atoms with Crippen molar-refractivity contribution in [2.75, 3.05) is 25.1 Å². The van der Waals surface area contributed by atoms with E-state index in [0.29, 0.717) is 11.3 Å². The van der Waals surface area contributed by atoms with Crippen molar-refractivity contribution in [2.24, 2.45) is 5.73 Å². The number of benzene rings is 1. The number of urea groups is 1. The number of amides is 3. The second-order valence-electron chi connectivity index (χ2n) is 6.25. The first-order valence-electron chi connectivity index (χ1n) is 8.25. The number of ether oxygens (including phenoxy) is 3. The maximum absolute atomic E-state index is 12.2. The lowest BCUT2D eigenvalue weighted by Crippen LogP contribution is -2.46. The molecule has 4 N–H and O–H groups in total. The highest BCUT2D eigenvalue weighted by molar-refractivity contribution is 5.95. The van der Waals surface area contributed by atoms with Gasteiger partial charge in [-0.3, -0.25) is 9.59 Å². The number of anilines is 1. The molecule has 1 aromatic carbocycles. The zero-order valence-electron chi connectivity index (χ0n) is 14.3. The number of Topliss-reactive ketones (excluding diaryl/α,β-unsaturated/α-hetero) is 1. The number of fused-ring (bicyclic) bond motifs is 1. The van der Waals surface area contributed by atoms with Gasteiger partial charge in [-0.1, -0.05) is 0 Å². The number of carbonyl (C=O) groups is 3. The van der Waals surface area contributed by atoms with Crippen LogP contribution in [0.4, 0.5) is 10.5 Å². The smallest absolute Gasteiger partial charge is 0.319 e. The van der Waals surface area contributed by atoms with Crippen molar-refractivity contribution >= 4 is 23.4 Å². The van der Waals surface area contributed by atoms with E-state index < -0.39 is 11.9 Å². The van der Waals surface area contributed by atoms with Crippen molar-refractivity contribution in [2.45, 2.75) is 31.3 Å². The van der Waals surface area contributed by atoms with Gasteiger partial charge in [0, 0.05) is 11.3 Å². The Morgan fingerprint density at radius 1 is 1.15 bits per heavy atom. The number of nitrogens with two attached hydrogens (primary N) is 1. The third kappa shape index (κ3) is 4.18. The van der Waals surface area contributed by atoms with Gasteiger partial charge in [-0.25, -0.2) is 4.79 Å². The second kappa shape index (κ2) is 7.81. The van der Waals surface area contributed by atoms with Gasteiger partial charge in [0.15, 0.2) is 5.78 Å². The summed E-state index contributed by atoms with van der Waals surface area (Å²) in [4.78, 5) is 34.3. The summed E-state index contributed by atoms with van der Waals surface area (Å²) in [6, 6.07) is 5.87. The Labute approximate surface area is 150 Å². The molecule has 4 atom stereocenters. The third-order valence-corrected chi connectivity index (χ3v) is 4.31. The van der Waals surface area contributed by atoms with Crippen LogP contribution in [0.1, 0.15) is 17.3 Å². The molecule has 0 aromatic heterocycles. The molecule has 2 aliphatic rings. The molecule has 0 aliphatic carbocycles. The van der Waals surface area contributed by atoms with Crippen LogP contribution in [-0.4, -0.2) is 61.9 Å². The van der Waals surface area contributed by atoms with Gasteiger partial charge < -0.3 is 30.6 Å². The summed E-state index contributed by atoms with van der Waals surface area (Å²) in [5, 5.41) is 5.51. The third-order valence-electron chi connectivity index (χ3n) is 4.31. The predicted octanol–water partition coefficient (Wildman–Crippen LogP) is 0.0474. The molecule has 2 aliphatic heterocycles. The van der Waals surface area contributed by atoms with Gasteiger partial charge in [-0.15, -0.1) is 0 Å². The molecule has 0 radical (unpaired) electrons. The van der Waals surface area contributed by atoms with Crippen molar-refractivity contribution in [1.29, 1.82) is 0 Å². The second-order valence-corrected chi connectivity index (χ2v) is 6.25. The molecule has 0 spiro atoms. The molecule has 26 heavy (non-hydrogen) atoms. The zero-order chi connectivity index (χ0) is 18.7. The van der Waals surface area contributed by atoms with Gasteiger partial charge in [0.05, 0.1) is 19.3 Å². The van der Waals surface area contributed by atoms with Crippen LogP contribution in [-0.2, 0) is 19.0 Å². The molecular formula is C17H21N3O6. The Bertz CT molecular complexity index is 692. The monoisotopic (exact) mass is 363 g/mol. The van der Waals surface area contributed by atoms with Crippen LogP contribution in [0.15, 0.2) is 24.3 Å². The normalized spacial score (nSPS) is 27.0. The lowest BCUT2D eigenvalue weighted by atomic mass is 10.1. The fraction of sp³-hybridized carbons (Fsp3) is 0.471.